The van der Waals surface area contributed by atoms with E-state index in [9.17, 15) is 18.0 Å². The van der Waals surface area contributed by atoms with Crippen LogP contribution in [0.25, 0.3) is 10.9 Å². The normalized spacial score (nSPS) is 22.1. The second kappa shape index (κ2) is 8.69. The number of thioether (sulfide) groups is 1. The highest BCUT2D eigenvalue weighted by molar-refractivity contribution is 8.15. The average molecular weight is 489 g/mol. The first-order valence-electron chi connectivity index (χ1n) is 11.0. The Labute approximate surface area is 198 Å². The van der Waals surface area contributed by atoms with E-state index in [0.717, 1.165) is 57.8 Å². The Morgan fingerprint density at radius 1 is 1.21 bits per heavy atom. The number of halogens is 3. The largest absolute Gasteiger partial charge is 0.493 e. The molecule has 3 atom stereocenters. The summed E-state index contributed by atoms with van der Waals surface area (Å²) in [5.74, 6) is 0.0852. The Bertz CT molecular complexity index is 1270. The summed E-state index contributed by atoms with van der Waals surface area (Å²) in [7, 11) is 1.88. The van der Waals surface area contributed by atoms with Crippen LogP contribution in [-0.2, 0) is 24.4 Å². The highest BCUT2D eigenvalue weighted by Gasteiger charge is 2.42. The third-order valence-corrected chi connectivity index (χ3v) is 7.91. The van der Waals surface area contributed by atoms with Gasteiger partial charge in [0.15, 0.2) is 0 Å². The molecule has 1 aliphatic heterocycles. The van der Waals surface area contributed by atoms with Gasteiger partial charge in [-0.1, -0.05) is 12.1 Å². The van der Waals surface area contributed by atoms with E-state index in [1.165, 1.54) is 12.1 Å². The van der Waals surface area contributed by atoms with Gasteiger partial charge in [-0.2, -0.15) is 13.2 Å². The minimum absolute atomic E-state index is 0.0282. The van der Waals surface area contributed by atoms with Gasteiger partial charge in [0.2, 0.25) is 0 Å². The number of carbonyl (C=O) groups is 1. The van der Waals surface area contributed by atoms with Gasteiger partial charge in [0.25, 0.3) is 0 Å². The van der Waals surface area contributed by atoms with Gasteiger partial charge in [0, 0.05) is 41.4 Å². The molecular formula is C25H23F3N2O3S. The number of ether oxygens (including phenoxy) is 1. The van der Waals surface area contributed by atoms with E-state index in [0.29, 0.717) is 11.9 Å². The molecule has 5 nitrogen and oxygen atoms in total. The molecule has 2 heterocycles. The summed E-state index contributed by atoms with van der Waals surface area (Å²) in [6.45, 7) is 0.503. The van der Waals surface area contributed by atoms with Crippen LogP contribution in [0.3, 0.4) is 0 Å². The van der Waals surface area contributed by atoms with Gasteiger partial charge in [0.1, 0.15) is 5.75 Å². The van der Waals surface area contributed by atoms with Gasteiger partial charge in [-0.3, -0.25) is 9.79 Å². The fraction of sp³-hybridized carbons (Fsp3) is 0.360. The van der Waals surface area contributed by atoms with Crippen molar-refractivity contribution in [3.63, 3.8) is 0 Å². The number of nitrogens with zero attached hydrogens (tertiary/aromatic N) is 2. The van der Waals surface area contributed by atoms with Crippen LogP contribution in [0.15, 0.2) is 53.7 Å². The van der Waals surface area contributed by atoms with Gasteiger partial charge >= 0.3 is 12.1 Å². The smallest absolute Gasteiger partial charge is 0.416 e. The molecular weight excluding hydrogens is 465 g/mol. The Balaban J connectivity index is 1.27. The summed E-state index contributed by atoms with van der Waals surface area (Å²) in [4.78, 5) is 16.0. The number of fused-ring (bicyclic) bond motifs is 2. The van der Waals surface area contributed by atoms with E-state index < -0.39 is 17.7 Å². The van der Waals surface area contributed by atoms with E-state index >= 15 is 0 Å². The Morgan fingerprint density at radius 2 is 1.97 bits per heavy atom. The van der Waals surface area contributed by atoms with Gasteiger partial charge in [-0.05, 0) is 42.7 Å². The zero-order valence-electron chi connectivity index (χ0n) is 18.4. The molecule has 2 aromatic carbocycles. The lowest BCUT2D eigenvalue weighted by Crippen LogP contribution is -2.23. The lowest BCUT2D eigenvalue weighted by molar-refractivity contribution is -0.138. The lowest BCUT2D eigenvalue weighted by Gasteiger charge is -2.16. The SMILES string of the molecule is Cn1cc(CC(=O)O)c2ccc(OC[C@@H]3CCC4SC(c5ccc(C(F)(F)F)cc5)=NC43)cc21. The standard InChI is InChI=1S/C25H23F3N2O3S/c1-30-12-16(10-22(31)32)19-8-7-18(11-20(19)30)33-13-15-4-9-21-23(15)29-24(34-21)14-2-5-17(6-3-14)25(26,27)28/h2-3,5-8,11-12,15,21,23H,4,9-10,13H2,1H3,(H,31,32)/t15-,21?,23?/m0/s1. The Morgan fingerprint density at radius 3 is 2.68 bits per heavy atom. The van der Waals surface area contributed by atoms with E-state index in [2.05, 4.69) is 0 Å². The van der Waals surface area contributed by atoms with Crippen molar-refractivity contribution in [2.45, 2.75) is 36.7 Å². The monoisotopic (exact) mass is 488 g/mol. The molecule has 1 aromatic heterocycles. The molecule has 0 amide bonds. The van der Waals surface area contributed by atoms with Crippen LogP contribution in [0.4, 0.5) is 13.2 Å². The third-order valence-electron chi connectivity index (χ3n) is 6.52. The molecule has 1 aliphatic carbocycles. The first-order valence-corrected chi connectivity index (χ1v) is 11.9. The third kappa shape index (κ3) is 4.41. The van der Waals surface area contributed by atoms with Crippen LogP contribution < -0.4 is 4.74 Å². The number of alkyl halides is 3. The highest BCUT2D eigenvalue weighted by Crippen LogP contribution is 2.44. The Kier molecular flexibility index (Phi) is 5.83. The van der Waals surface area contributed by atoms with E-state index in [1.54, 1.807) is 11.8 Å². The molecule has 1 saturated carbocycles. The molecule has 5 rings (SSSR count). The number of aliphatic carboxylic acids is 1. The lowest BCUT2D eigenvalue weighted by atomic mass is 10.1. The number of aryl methyl sites for hydroxylation is 1. The second-order valence-electron chi connectivity index (χ2n) is 8.82. The van der Waals surface area contributed by atoms with Gasteiger partial charge < -0.3 is 14.4 Å². The predicted molar refractivity (Wildman–Crippen MR) is 126 cm³/mol. The van der Waals surface area contributed by atoms with Crippen LogP contribution >= 0.6 is 11.8 Å². The summed E-state index contributed by atoms with van der Waals surface area (Å²) in [6, 6.07) is 11.0. The zero-order chi connectivity index (χ0) is 24.0. The fourth-order valence-corrected chi connectivity index (χ4v) is 6.24. The molecule has 2 unspecified atom stereocenters. The van der Waals surface area contributed by atoms with Crippen LogP contribution in [0.2, 0.25) is 0 Å². The topological polar surface area (TPSA) is 63.8 Å². The van der Waals surface area contributed by atoms with Gasteiger partial charge in [-0.25, -0.2) is 0 Å². The van der Waals surface area contributed by atoms with Crippen LogP contribution in [0.5, 0.6) is 5.75 Å². The van der Waals surface area contributed by atoms with Crippen molar-refractivity contribution in [1.82, 2.24) is 4.57 Å². The number of carboxylic acids is 1. The maximum absolute atomic E-state index is 12.8. The molecule has 9 heteroatoms. The van der Waals surface area contributed by atoms with Gasteiger partial charge in [-0.15, -0.1) is 11.8 Å². The maximum atomic E-state index is 12.8. The minimum Gasteiger partial charge on any atom is -0.493 e. The second-order valence-corrected chi connectivity index (χ2v) is 10.0. The predicted octanol–water partition coefficient (Wildman–Crippen LogP) is 5.54. The van der Waals surface area contributed by atoms with E-state index in [4.69, 9.17) is 14.8 Å². The molecule has 34 heavy (non-hydrogen) atoms. The number of hydrogen-bond donors (Lipinski definition) is 1. The van der Waals surface area contributed by atoms with Crippen LogP contribution in [0, 0.1) is 5.92 Å². The highest BCUT2D eigenvalue weighted by atomic mass is 32.2. The number of aliphatic imine (C=N–C) groups is 1. The summed E-state index contributed by atoms with van der Waals surface area (Å²) >= 11 is 1.65. The van der Waals surface area contributed by atoms with Crippen molar-refractivity contribution in [2.24, 2.45) is 18.0 Å². The van der Waals surface area contributed by atoms with Crippen LogP contribution in [-0.4, -0.2) is 38.6 Å². The van der Waals surface area contributed by atoms with E-state index in [-0.39, 0.29) is 18.4 Å². The van der Waals surface area contributed by atoms with Gasteiger partial charge in [0.05, 0.1) is 35.2 Å². The minimum atomic E-state index is -4.34. The summed E-state index contributed by atoms with van der Waals surface area (Å²) < 4.78 is 46.6. The number of aromatic nitrogens is 1. The molecule has 0 bridgehead atoms. The molecule has 0 saturated heterocycles. The maximum Gasteiger partial charge on any atom is 0.416 e. The quantitative estimate of drug-likeness (QED) is 0.495. The molecule has 1 fully saturated rings. The van der Waals surface area contributed by atoms with Crippen molar-refractivity contribution >= 4 is 33.7 Å². The van der Waals surface area contributed by atoms with Crippen molar-refractivity contribution in [3.05, 3.63) is 65.4 Å². The van der Waals surface area contributed by atoms with Crippen LogP contribution in [0.1, 0.15) is 29.5 Å². The van der Waals surface area contributed by atoms with E-state index in [1.807, 2.05) is 36.0 Å². The number of rotatable bonds is 6. The number of carboxylic acid groups (broad SMARTS) is 1. The summed E-state index contributed by atoms with van der Waals surface area (Å²) in [5, 5.41) is 11.1. The Hall–Kier alpha value is -2.94. The van der Waals surface area contributed by atoms with Crippen molar-refractivity contribution < 1.29 is 27.8 Å². The van der Waals surface area contributed by atoms with Crippen molar-refractivity contribution in [3.8, 4) is 5.75 Å². The average Bonchev–Trinajstić information content (AvgIpc) is 3.45. The number of hydrogen-bond acceptors (Lipinski definition) is 4. The molecule has 0 radical (unpaired) electrons. The summed E-state index contributed by atoms with van der Waals surface area (Å²) in [6.07, 6.45) is -0.562. The molecule has 1 N–H and O–H groups in total. The summed E-state index contributed by atoms with van der Waals surface area (Å²) in [5.41, 5.74) is 1.75. The molecule has 0 spiro atoms. The molecule has 2 aliphatic rings. The molecule has 3 aromatic rings. The fourth-order valence-electron chi connectivity index (χ4n) is 4.82. The van der Waals surface area contributed by atoms with Crippen molar-refractivity contribution in [1.29, 1.82) is 0 Å². The first-order chi connectivity index (χ1) is 16.2. The number of benzene rings is 2. The first kappa shape index (κ1) is 22.8. The zero-order valence-corrected chi connectivity index (χ0v) is 19.2. The molecule has 178 valence electrons. The van der Waals surface area contributed by atoms with Crippen molar-refractivity contribution in [2.75, 3.05) is 6.61 Å².